The maximum absolute atomic E-state index is 11.5. The van der Waals surface area contributed by atoms with E-state index in [2.05, 4.69) is 31.7 Å². The summed E-state index contributed by atoms with van der Waals surface area (Å²) in [5.74, 6) is 0.242. The minimum Gasteiger partial charge on any atom is -0.333 e. The van der Waals surface area contributed by atoms with Crippen LogP contribution in [0, 0.1) is 5.41 Å². The lowest BCUT2D eigenvalue weighted by Crippen LogP contribution is -2.43. The van der Waals surface area contributed by atoms with Gasteiger partial charge in [0, 0.05) is 13.0 Å². The third-order valence-electron chi connectivity index (χ3n) is 3.72. The van der Waals surface area contributed by atoms with E-state index in [9.17, 15) is 4.79 Å². The summed E-state index contributed by atoms with van der Waals surface area (Å²) >= 11 is 0. The standard InChI is InChI=1S/C13H21NO/c1-9(15)14-11-5-6-12(14)8-10(7-11)13(2,3)4/h7,11-12H,5-6,8H2,1-4H3. The fourth-order valence-electron chi connectivity index (χ4n) is 2.88. The first kappa shape index (κ1) is 10.7. The lowest BCUT2D eigenvalue weighted by atomic mass is 9.81. The topological polar surface area (TPSA) is 20.3 Å². The third-order valence-corrected chi connectivity index (χ3v) is 3.72. The highest BCUT2D eigenvalue weighted by atomic mass is 16.2. The van der Waals surface area contributed by atoms with Crippen molar-refractivity contribution in [1.82, 2.24) is 4.90 Å². The average Bonchev–Trinajstić information content (AvgIpc) is 2.35. The van der Waals surface area contributed by atoms with Gasteiger partial charge in [-0.05, 0) is 24.7 Å². The molecule has 0 spiro atoms. The van der Waals surface area contributed by atoms with Gasteiger partial charge in [-0.15, -0.1) is 0 Å². The Morgan fingerprint density at radius 2 is 2.07 bits per heavy atom. The molecule has 0 aromatic rings. The molecule has 2 aliphatic rings. The van der Waals surface area contributed by atoms with Crippen LogP contribution in [0.2, 0.25) is 0 Å². The van der Waals surface area contributed by atoms with Gasteiger partial charge in [0.05, 0.1) is 6.04 Å². The van der Waals surface area contributed by atoms with Gasteiger partial charge in [0.15, 0.2) is 0 Å². The summed E-state index contributed by atoms with van der Waals surface area (Å²) < 4.78 is 0. The Kier molecular flexibility index (Phi) is 2.40. The Morgan fingerprint density at radius 1 is 1.40 bits per heavy atom. The fraction of sp³-hybridized carbons (Fsp3) is 0.769. The molecule has 2 atom stereocenters. The number of nitrogens with zero attached hydrogens (tertiary/aromatic N) is 1. The van der Waals surface area contributed by atoms with Gasteiger partial charge < -0.3 is 4.90 Å². The zero-order valence-corrected chi connectivity index (χ0v) is 10.2. The summed E-state index contributed by atoms with van der Waals surface area (Å²) in [6.45, 7) is 8.49. The molecule has 2 bridgehead atoms. The number of amides is 1. The highest BCUT2D eigenvalue weighted by Crippen LogP contribution is 2.41. The van der Waals surface area contributed by atoms with Crippen LogP contribution in [0.15, 0.2) is 11.6 Å². The summed E-state index contributed by atoms with van der Waals surface area (Å²) in [5, 5.41) is 0. The van der Waals surface area contributed by atoms with Gasteiger partial charge in [-0.25, -0.2) is 0 Å². The Balaban J connectivity index is 2.25. The van der Waals surface area contributed by atoms with Crippen molar-refractivity contribution in [2.45, 2.75) is 59.0 Å². The van der Waals surface area contributed by atoms with Crippen LogP contribution < -0.4 is 0 Å². The molecule has 0 aromatic carbocycles. The van der Waals surface area contributed by atoms with Crippen LogP contribution in [-0.4, -0.2) is 22.9 Å². The SMILES string of the molecule is CC(=O)N1C2C=C(C(C)(C)C)CC1CC2. The van der Waals surface area contributed by atoms with Crippen LogP contribution in [-0.2, 0) is 4.79 Å². The van der Waals surface area contributed by atoms with Crippen molar-refractivity contribution in [3.05, 3.63) is 11.6 Å². The molecule has 2 unspecified atom stereocenters. The maximum atomic E-state index is 11.5. The molecule has 0 radical (unpaired) electrons. The monoisotopic (exact) mass is 207 g/mol. The summed E-state index contributed by atoms with van der Waals surface area (Å²) in [6.07, 6.45) is 5.76. The van der Waals surface area contributed by atoms with Crippen LogP contribution in [0.25, 0.3) is 0 Å². The predicted octanol–water partition coefficient (Wildman–Crippen LogP) is 2.74. The van der Waals surface area contributed by atoms with Gasteiger partial charge in [-0.1, -0.05) is 32.4 Å². The first-order valence-corrected chi connectivity index (χ1v) is 5.89. The zero-order valence-electron chi connectivity index (χ0n) is 10.2. The summed E-state index contributed by atoms with van der Waals surface area (Å²) in [5.41, 5.74) is 1.80. The van der Waals surface area contributed by atoms with Crippen LogP contribution in [0.1, 0.15) is 47.0 Å². The lowest BCUT2D eigenvalue weighted by Gasteiger charge is -2.37. The van der Waals surface area contributed by atoms with Crippen LogP contribution in [0.3, 0.4) is 0 Å². The van der Waals surface area contributed by atoms with Gasteiger partial charge in [0.25, 0.3) is 0 Å². The van der Waals surface area contributed by atoms with Crippen LogP contribution in [0.4, 0.5) is 0 Å². The van der Waals surface area contributed by atoms with Gasteiger partial charge in [0.1, 0.15) is 0 Å². The Labute approximate surface area is 92.3 Å². The zero-order chi connectivity index (χ0) is 11.2. The van der Waals surface area contributed by atoms with E-state index in [0.29, 0.717) is 12.1 Å². The molecule has 1 fully saturated rings. The molecular formula is C13H21NO. The molecule has 2 nitrogen and oxygen atoms in total. The van der Waals surface area contributed by atoms with Crippen molar-refractivity contribution >= 4 is 5.91 Å². The predicted molar refractivity (Wildman–Crippen MR) is 61.5 cm³/mol. The molecule has 15 heavy (non-hydrogen) atoms. The number of rotatable bonds is 0. The summed E-state index contributed by atoms with van der Waals surface area (Å²) in [6, 6.07) is 0.863. The fourth-order valence-corrected chi connectivity index (χ4v) is 2.88. The van der Waals surface area contributed by atoms with E-state index in [0.717, 1.165) is 12.8 Å². The molecule has 0 aliphatic carbocycles. The van der Waals surface area contributed by atoms with Gasteiger partial charge in [0.2, 0.25) is 5.91 Å². The molecule has 2 heteroatoms. The van der Waals surface area contributed by atoms with Crippen LogP contribution >= 0.6 is 0 Å². The number of carbonyl (C=O) groups is 1. The molecule has 0 aromatic heterocycles. The van der Waals surface area contributed by atoms with E-state index in [1.165, 1.54) is 12.0 Å². The van der Waals surface area contributed by atoms with Gasteiger partial charge >= 0.3 is 0 Å². The molecule has 2 aliphatic heterocycles. The van der Waals surface area contributed by atoms with E-state index in [1.807, 2.05) is 0 Å². The van der Waals surface area contributed by atoms with E-state index >= 15 is 0 Å². The molecule has 0 N–H and O–H groups in total. The molecule has 2 heterocycles. The van der Waals surface area contributed by atoms with E-state index in [1.54, 1.807) is 6.92 Å². The smallest absolute Gasteiger partial charge is 0.220 e. The third kappa shape index (κ3) is 1.82. The minimum absolute atomic E-state index is 0.242. The molecule has 84 valence electrons. The second-order valence-corrected chi connectivity index (χ2v) is 5.87. The van der Waals surface area contributed by atoms with Crippen molar-refractivity contribution in [2.75, 3.05) is 0 Å². The Hall–Kier alpha value is -0.790. The van der Waals surface area contributed by atoms with Crippen molar-refractivity contribution < 1.29 is 4.79 Å². The minimum atomic E-state index is 0.242. The summed E-state index contributed by atoms with van der Waals surface area (Å²) in [7, 11) is 0. The number of hydrogen-bond donors (Lipinski definition) is 0. The quantitative estimate of drug-likeness (QED) is 0.559. The van der Waals surface area contributed by atoms with E-state index in [4.69, 9.17) is 0 Å². The normalized spacial score (nSPS) is 30.4. The van der Waals surface area contributed by atoms with Crippen molar-refractivity contribution in [2.24, 2.45) is 5.41 Å². The molecule has 0 saturated carbocycles. The highest BCUT2D eigenvalue weighted by Gasteiger charge is 2.39. The summed E-state index contributed by atoms with van der Waals surface area (Å²) in [4.78, 5) is 13.6. The Morgan fingerprint density at radius 3 is 2.53 bits per heavy atom. The molecular weight excluding hydrogens is 186 g/mol. The van der Waals surface area contributed by atoms with Crippen LogP contribution in [0.5, 0.6) is 0 Å². The largest absolute Gasteiger partial charge is 0.333 e. The second-order valence-electron chi connectivity index (χ2n) is 5.87. The van der Waals surface area contributed by atoms with Crippen molar-refractivity contribution in [3.8, 4) is 0 Å². The second kappa shape index (κ2) is 3.36. The maximum Gasteiger partial charge on any atom is 0.220 e. The molecule has 2 rings (SSSR count). The van der Waals surface area contributed by atoms with Crippen molar-refractivity contribution in [3.63, 3.8) is 0 Å². The average molecular weight is 207 g/mol. The highest BCUT2D eigenvalue weighted by molar-refractivity contribution is 5.75. The first-order valence-electron chi connectivity index (χ1n) is 5.89. The number of hydrogen-bond acceptors (Lipinski definition) is 1. The van der Waals surface area contributed by atoms with Crippen molar-refractivity contribution in [1.29, 1.82) is 0 Å². The lowest BCUT2D eigenvalue weighted by molar-refractivity contribution is -0.131. The number of carbonyl (C=O) groups excluding carboxylic acids is 1. The van der Waals surface area contributed by atoms with Gasteiger partial charge in [-0.3, -0.25) is 4.79 Å². The first-order chi connectivity index (χ1) is 6.89. The van der Waals surface area contributed by atoms with E-state index < -0.39 is 0 Å². The molecule has 1 saturated heterocycles. The van der Waals surface area contributed by atoms with E-state index in [-0.39, 0.29) is 11.3 Å². The number of fused-ring (bicyclic) bond motifs is 2. The Bertz CT molecular complexity index is 311. The molecule has 1 amide bonds. The van der Waals surface area contributed by atoms with Gasteiger partial charge in [-0.2, -0.15) is 0 Å².